The van der Waals surface area contributed by atoms with Crippen molar-refractivity contribution in [2.24, 2.45) is 5.92 Å². The van der Waals surface area contributed by atoms with Crippen LogP contribution in [0.25, 0.3) is 0 Å². The molecule has 0 saturated carbocycles. The molecule has 0 aliphatic carbocycles. The highest BCUT2D eigenvalue weighted by Crippen LogP contribution is 2.15. The Balaban J connectivity index is 2.42. The zero-order valence-corrected chi connectivity index (χ0v) is 10.6. The number of rotatable bonds is 6. The SMILES string of the molecule is CCC(CC)CC(=O)Cc1csc(C)n1. The lowest BCUT2D eigenvalue weighted by Gasteiger charge is -2.09. The number of Topliss-reactive ketones (excluding diaryl/α,β-unsaturated/α-hetero) is 1. The van der Waals surface area contributed by atoms with Gasteiger partial charge >= 0.3 is 0 Å². The summed E-state index contributed by atoms with van der Waals surface area (Å²) in [5.41, 5.74) is 0.938. The van der Waals surface area contributed by atoms with Crippen molar-refractivity contribution in [3.8, 4) is 0 Å². The van der Waals surface area contributed by atoms with Crippen LogP contribution in [0.3, 0.4) is 0 Å². The van der Waals surface area contributed by atoms with Gasteiger partial charge in [-0.25, -0.2) is 4.98 Å². The average molecular weight is 225 g/mol. The molecule has 0 bridgehead atoms. The summed E-state index contributed by atoms with van der Waals surface area (Å²) in [6, 6.07) is 0. The van der Waals surface area contributed by atoms with Gasteiger partial charge in [0.15, 0.2) is 0 Å². The molecule has 0 aliphatic heterocycles. The minimum absolute atomic E-state index is 0.328. The summed E-state index contributed by atoms with van der Waals surface area (Å²) in [6.07, 6.45) is 3.42. The van der Waals surface area contributed by atoms with Crippen molar-refractivity contribution in [2.45, 2.75) is 46.5 Å². The summed E-state index contributed by atoms with van der Waals surface area (Å²) in [6.45, 7) is 6.27. The summed E-state index contributed by atoms with van der Waals surface area (Å²) in [5.74, 6) is 0.881. The highest BCUT2D eigenvalue weighted by atomic mass is 32.1. The van der Waals surface area contributed by atoms with Gasteiger partial charge in [-0.1, -0.05) is 26.7 Å². The summed E-state index contributed by atoms with van der Waals surface area (Å²) < 4.78 is 0. The van der Waals surface area contributed by atoms with Crippen LogP contribution in [0.15, 0.2) is 5.38 Å². The molecule has 0 aliphatic rings. The van der Waals surface area contributed by atoms with Gasteiger partial charge in [0.1, 0.15) is 5.78 Å². The van der Waals surface area contributed by atoms with E-state index in [1.807, 2.05) is 12.3 Å². The van der Waals surface area contributed by atoms with Crippen LogP contribution in [0.1, 0.15) is 43.8 Å². The first-order chi connectivity index (χ1) is 7.15. The van der Waals surface area contributed by atoms with Gasteiger partial charge in [-0.05, 0) is 12.8 Å². The number of hydrogen-bond donors (Lipinski definition) is 0. The molecule has 1 aromatic rings. The predicted molar refractivity (Wildman–Crippen MR) is 64.3 cm³/mol. The normalized spacial score (nSPS) is 10.9. The lowest BCUT2D eigenvalue weighted by molar-refractivity contribution is -0.119. The van der Waals surface area contributed by atoms with E-state index in [1.54, 1.807) is 11.3 Å². The van der Waals surface area contributed by atoms with Crippen molar-refractivity contribution in [2.75, 3.05) is 0 Å². The molecule has 15 heavy (non-hydrogen) atoms. The van der Waals surface area contributed by atoms with Gasteiger partial charge in [0.2, 0.25) is 0 Å². The van der Waals surface area contributed by atoms with E-state index in [0.717, 1.165) is 23.5 Å². The molecular formula is C12H19NOS. The summed E-state index contributed by atoms with van der Waals surface area (Å²) in [5, 5.41) is 3.03. The minimum Gasteiger partial charge on any atom is -0.299 e. The molecule has 0 unspecified atom stereocenters. The lowest BCUT2D eigenvalue weighted by Crippen LogP contribution is -2.09. The zero-order valence-electron chi connectivity index (χ0n) is 9.75. The van der Waals surface area contributed by atoms with Crippen LogP contribution in [-0.2, 0) is 11.2 Å². The van der Waals surface area contributed by atoms with Crippen molar-refractivity contribution in [1.29, 1.82) is 0 Å². The van der Waals surface area contributed by atoms with Crippen molar-refractivity contribution >= 4 is 17.1 Å². The number of ketones is 1. The van der Waals surface area contributed by atoms with Crippen molar-refractivity contribution in [3.63, 3.8) is 0 Å². The Morgan fingerprint density at radius 3 is 2.60 bits per heavy atom. The fourth-order valence-corrected chi connectivity index (χ4v) is 2.28. The molecule has 0 fully saturated rings. The van der Waals surface area contributed by atoms with E-state index in [0.29, 0.717) is 24.5 Å². The smallest absolute Gasteiger partial charge is 0.139 e. The fraction of sp³-hybridized carbons (Fsp3) is 0.667. The molecule has 0 saturated heterocycles. The Morgan fingerprint density at radius 2 is 2.13 bits per heavy atom. The third-order valence-corrected chi connectivity index (χ3v) is 3.54. The Labute approximate surface area is 95.7 Å². The average Bonchev–Trinajstić information content (AvgIpc) is 2.60. The molecule has 1 aromatic heterocycles. The van der Waals surface area contributed by atoms with Gasteiger partial charge in [-0.2, -0.15) is 0 Å². The van der Waals surface area contributed by atoms with E-state index in [4.69, 9.17) is 0 Å². The molecule has 3 heteroatoms. The highest BCUT2D eigenvalue weighted by Gasteiger charge is 2.11. The second-order valence-electron chi connectivity index (χ2n) is 3.96. The molecule has 0 atom stereocenters. The maximum atomic E-state index is 11.7. The molecule has 0 amide bonds. The minimum atomic E-state index is 0.328. The van der Waals surface area contributed by atoms with Crippen LogP contribution in [0.4, 0.5) is 0 Å². The first-order valence-electron chi connectivity index (χ1n) is 5.58. The van der Waals surface area contributed by atoms with Crippen LogP contribution in [0, 0.1) is 12.8 Å². The third kappa shape index (κ3) is 4.12. The number of carbonyl (C=O) groups excluding carboxylic acids is 1. The number of nitrogens with zero attached hydrogens (tertiary/aromatic N) is 1. The van der Waals surface area contributed by atoms with E-state index < -0.39 is 0 Å². The second-order valence-corrected chi connectivity index (χ2v) is 5.02. The van der Waals surface area contributed by atoms with Gasteiger partial charge in [0.05, 0.1) is 10.7 Å². The monoisotopic (exact) mass is 225 g/mol. The van der Waals surface area contributed by atoms with E-state index in [1.165, 1.54) is 0 Å². The van der Waals surface area contributed by atoms with Crippen LogP contribution in [-0.4, -0.2) is 10.8 Å². The Kier molecular flexibility index (Phi) is 4.95. The molecule has 84 valence electrons. The summed E-state index contributed by atoms with van der Waals surface area (Å²) in [7, 11) is 0. The molecule has 2 nitrogen and oxygen atoms in total. The molecule has 1 rings (SSSR count). The van der Waals surface area contributed by atoms with Gasteiger partial charge in [0, 0.05) is 18.2 Å². The lowest BCUT2D eigenvalue weighted by atomic mass is 9.95. The quantitative estimate of drug-likeness (QED) is 0.742. The molecule has 0 spiro atoms. The predicted octanol–water partition coefficient (Wildman–Crippen LogP) is 3.39. The van der Waals surface area contributed by atoms with Crippen molar-refractivity contribution in [1.82, 2.24) is 4.98 Å². The van der Waals surface area contributed by atoms with Gasteiger partial charge < -0.3 is 0 Å². The van der Waals surface area contributed by atoms with Crippen LogP contribution < -0.4 is 0 Å². The molecule has 0 aromatic carbocycles. The van der Waals surface area contributed by atoms with Crippen LogP contribution in [0.5, 0.6) is 0 Å². The number of aryl methyl sites for hydroxylation is 1. The zero-order chi connectivity index (χ0) is 11.3. The van der Waals surface area contributed by atoms with E-state index in [9.17, 15) is 4.79 Å². The van der Waals surface area contributed by atoms with Gasteiger partial charge in [0.25, 0.3) is 0 Å². The summed E-state index contributed by atoms with van der Waals surface area (Å²) >= 11 is 1.61. The number of carbonyl (C=O) groups is 1. The maximum absolute atomic E-state index is 11.7. The highest BCUT2D eigenvalue weighted by molar-refractivity contribution is 7.09. The number of aromatic nitrogens is 1. The van der Waals surface area contributed by atoms with E-state index in [-0.39, 0.29) is 0 Å². The fourth-order valence-electron chi connectivity index (χ4n) is 1.66. The first kappa shape index (κ1) is 12.4. The third-order valence-electron chi connectivity index (χ3n) is 2.72. The molecule has 0 N–H and O–H groups in total. The second kappa shape index (κ2) is 6.01. The Bertz CT molecular complexity index is 315. The molecule has 1 heterocycles. The van der Waals surface area contributed by atoms with E-state index in [2.05, 4.69) is 18.8 Å². The standard InChI is InChI=1S/C12H19NOS/c1-4-10(5-2)6-12(14)7-11-8-15-9(3)13-11/h8,10H,4-7H2,1-3H3. The summed E-state index contributed by atoms with van der Waals surface area (Å²) in [4.78, 5) is 16.0. The van der Waals surface area contributed by atoms with Crippen molar-refractivity contribution < 1.29 is 4.79 Å². The first-order valence-corrected chi connectivity index (χ1v) is 6.46. The number of thiazole rings is 1. The van der Waals surface area contributed by atoms with Crippen LogP contribution in [0.2, 0.25) is 0 Å². The molecule has 0 radical (unpaired) electrons. The Hall–Kier alpha value is -0.700. The number of hydrogen-bond acceptors (Lipinski definition) is 3. The van der Waals surface area contributed by atoms with Crippen molar-refractivity contribution in [3.05, 3.63) is 16.1 Å². The van der Waals surface area contributed by atoms with Gasteiger partial charge in [-0.15, -0.1) is 11.3 Å². The maximum Gasteiger partial charge on any atom is 0.139 e. The largest absolute Gasteiger partial charge is 0.299 e. The Morgan fingerprint density at radius 1 is 1.47 bits per heavy atom. The topological polar surface area (TPSA) is 30.0 Å². The van der Waals surface area contributed by atoms with E-state index >= 15 is 0 Å². The molecular weight excluding hydrogens is 206 g/mol. The van der Waals surface area contributed by atoms with Crippen LogP contribution >= 0.6 is 11.3 Å². The van der Waals surface area contributed by atoms with Gasteiger partial charge in [-0.3, -0.25) is 4.79 Å².